The van der Waals surface area contributed by atoms with Crippen molar-refractivity contribution in [3.63, 3.8) is 0 Å². The van der Waals surface area contributed by atoms with E-state index in [0.29, 0.717) is 18.7 Å². The summed E-state index contributed by atoms with van der Waals surface area (Å²) in [6, 6.07) is 9.24. The summed E-state index contributed by atoms with van der Waals surface area (Å²) in [7, 11) is 0. The second-order valence-corrected chi connectivity index (χ2v) is 4.62. The Morgan fingerprint density at radius 2 is 1.90 bits per heavy atom. The normalized spacial score (nSPS) is 9.76. The third-order valence-corrected chi connectivity index (χ3v) is 2.97. The van der Waals surface area contributed by atoms with Crippen LogP contribution in [0.2, 0.25) is 0 Å². The van der Waals surface area contributed by atoms with Crippen molar-refractivity contribution >= 4 is 11.9 Å². The Hall–Kier alpha value is -2.35. The first-order valence-electron chi connectivity index (χ1n) is 6.97. The molecular formula is C16H20N2O3. The number of benzene rings is 1. The Kier molecular flexibility index (Phi) is 6.96. The molecular weight excluding hydrogens is 268 g/mol. The molecule has 0 spiro atoms. The van der Waals surface area contributed by atoms with Gasteiger partial charge in [0.2, 0.25) is 0 Å². The molecule has 0 aliphatic heterocycles. The Labute approximate surface area is 125 Å². The molecule has 5 heteroatoms. The molecule has 0 saturated carbocycles. The molecule has 0 N–H and O–H groups in total. The van der Waals surface area contributed by atoms with Gasteiger partial charge in [-0.25, -0.2) is 0 Å². The highest BCUT2D eigenvalue weighted by Crippen LogP contribution is 2.08. The number of esters is 1. The molecule has 5 nitrogen and oxygen atoms in total. The average molecular weight is 288 g/mol. The Bertz CT molecular complexity index is 517. The number of hydrogen-bond acceptors (Lipinski definition) is 4. The molecule has 112 valence electrons. The molecule has 0 fully saturated rings. The SMILES string of the molecule is CCOC(=O)CCN(CCC#N)C(=O)c1ccc(C)cc1. The number of hydrogen-bond donors (Lipinski definition) is 0. The highest BCUT2D eigenvalue weighted by atomic mass is 16.5. The van der Waals surface area contributed by atoms with Gasteiger partial charge in [0.1, 0.15) is 0 Å². The lowest BCUT2D eigenvalue weighted by atomic mass is 10.1. The smallest absolute Gasteiger partial charge is 0.307 e. The van der Waals surface area contributed by atoms with Crippen LogP contribution in [0.3, 0.4) is 0 Å². The minimum atomic E-state index is -0.337. The molecule has 0 aliphatic carbocycles. The molecule has 0 bridgehead atoms. The van der Waals surface area contributed by atoms with Crippen molar-refractivity contribution in [3.8, 4) is 6.07 Å². The Balaban J connectivity index is 2.71. The standard InChI is InChI=1S/C16H20N2O3/c1-3-21-15(19)9-12-18(11-4-10-17)16(20)14-7-5-13(2)6-8-14/h5-8H,3-4,9,11-12H2,1-2H3. The van der Waals surface area contributed by atoms with E-state index in [0.717, 1.165) is 5.56 Å². The number of ether oxygens (including phenoxy) is 1. The van der Waals surface area contributed by atoms with Gasteiger partial charge in [0.15, 0.2) is 0 Å². The summed E-state index contributed by atoms with van der Waals surface area (Å²) in [5.41, 5.74) is 1.63. The third-order valence-electron chi connectivity index (χ3n) is 2.97. The summed E-state index contributed by atoms with van der Waals surface area (Å²) in [5, 5.41) is 8.69. The van der Waals surface area contributed by atoms with Gasteiger partial charge < -0.3 is 9.64 Å². The quantitative estimate of drug-likeness (QED) is 0.722. The number of nitrogens with zero attached hydrogens (tertiary/aromatic N) is 2. The number of carbonyl (C=O) groups excluding carboxylic acids is 2. The third kappa shape index (κ3) is 5.65. The molecule has 0 heterocycles. The van der Waals surface area contributed by atoms with Gasteiger partial charge in [-0.1, -0.05) is 17.7 Å². The molecule has 1 aromatic carbocycles. The maximum absolute atomic E-state index is 12.4. The van der Waals surface area contributed by atoms with Crippen LogP contribution in [0.5, 0.6) is 0 Å². The van der Waals surface area contributed by atoms with Crippen molar-refractivity contribution in [2.24, 2.45) is 0 Å². The van der Waals surface area contributed by atoms with Crippen LogP contribution in [0.1, 0.15) is 35.7 Å². The lowest BCUT2D eigenvalue weighted by molar-refractivity contribution is -0.143. The van der Waals surface area contributed by atoms with E-state index in [4.69, 9.17) is 10.00 Å². The first-order chi connectivity index (χ1) is 10.1. The van der Waals surface area contributed by atoms with E-state index >= 15 is 0 Å². The van der Waals surface area contributed by atoms with E-state index in [1.165, 1.54) is 4.90 Å². The van der Waals surface area contributed by atoms with Gasteiger partial charge in [-0.15, -0.1) is 0 Å². The van der Waals surface area contributed by atoms with E-state index < -0.39 is 0 Å². The maximum atomic E-state index is 12.4. The van der Waals surface area contributed by atoms with Crippen molar-refractivity contribution in [2.75, 3.05) is 19.7 Å². The molecule has 0 atom stereocenters. The van der Waals surface area contributed by atoms with E-state index in [9.17, 15) is 9.59 Å². The van der Waals surface area contributed by atoms with Crippen LogP contribution in [0, 0.1) is 18.3 Å². The molecule has 0 radical (unpaired) electrons. The first-order valence-corrected chi connectivity index (χ1v) is 6.97. The number of aryl methyl sites for hydroxylation is 1. The van der Waals surface area contributed by atoms with Gasteiger partial charge in [-0.2, -0.15) is 5.26 Å². The molecule has 0 aliphatic rings. The minimum absolute atomic E-state index is 0.136. The predicted molar refractivity (Wildman–Crippen MR) is 78.6 cm³/mol. The van der Waals surface area contributed by atoms with Crippen molar-refractivity contribution < 1.29 is 14.3 Å². The van der Waals surface area contributed by atoms with Crippen molar-refractivity contribution in [2.45, 2.75) is 26.7 Å². The summed E-state index contributed by atoms with van der Waals surface area (Å²) >= 11 is 0. The Morgan fingerprint density at radius 1 is 1.24 bits per heavy atom. The molecule has 1 rings (SSSR count). The van der Waals surface area contributed by atoms with Gasteiger partial charge >= 0.3 is 5.97 Å². The van der Waals surface area contributed by atoms with Crippen LogP contribution in [0.15, 0.2) is 24.3 Å². The second kappa shape index (κ2) is 8.75. The van der Waals surface area contributed by atoms with Crippen molar-refractivity contribution in [1.82, 2.24) is 4.90 Å². The largest absolute Gasteiger partial charge is 0.466 e. The lowest BCUT2D eigenvalue weighted by Crippen LogP contribution is -2.34. The summed E-state index contributed by atoms with van der Waals surface area (Å²) in [5.74, 6) is -0.509. The highest BCUT2D eigenvalue weighted by molar-refractivity contribution is 5.94. The fourth-order valence-electron chi connectivity index (χ4n) is 1.84. The minimum Gasteiger partial charge on any atom is -0.466 e. The summed E-state index contributed by atoms with van der Waals surface area (Å²) in [4.78, 5) is 25.3. The van der Waals surface area contributed by atoms with Crippen LogP contribution in [0.25, 0.3) is 0 Å². The number of nitriles is 1. The number of amides is 1. The molecule has 1 amide bonds. The molecule has 0 unspecified atom stereocenters. The van der Waals surface area contributed by atoms with E-state index in [1.807, 2.05) is 25.1 Å². The van der Waals surface area contributed by atoms with Gasteiger partial charge in [-0.3, -0.25) is 9.59 Å². The lowest BCUT2D eigenvalue weighted by Gasteiger charge is -2.21. The zero-order chi connectivity index (χ0) is 15.7. The van der Waals surface area contributed by atoms with Crippen LogP contribution >= 0.6 is 0 Å². The number of carbonyl (C=O) groups is 2. The average Bonchev–Trinajstić information content (AvgIpc) is 2.48. The molecule has 0 aromatic heterocycles. The fourth-order valence-corrected chi connectivity index (χ4v) is 1.84. The molecule has 1 aromatic rings. The summed E-state index contributed by atoms with van der Waals surface area (Å²) in [6.45, 7) is 4.57. The zero-order valence-corrected chi connectivity index (χ0v) is 12.5. The Morgan fingerprint density at radius 3 is 2.48 bits per heavy atom. The monoisotopic (exact) mass is 288 g/mol. The van der Waals surface area contributed by atoms with E-state index in [2.05, 4.69) is 0 Å². The highest BCUT2D eigenvalue weighted by Gasteiger charge is 2.16. The predicted octanol–water partition coefficient (Wildman–Crippen LogP) is 2.30. The molecule has 0 saturated heterocycles. The van der Waals surface area contributed by atoms with Crippen molar-refractivity contribution in [3.05, 3.63) is 35.4 Å². The topological polar surface area (TPSA) is 70.4 Å². The second-order valence-electron chi connectivity index (χ2n) is 4.62. The van der Waals surface area contributed by atoms with Crippen LogP contribution in [0.4, 0.5) is 0 Å². The van der Waals surface area contributed by atoms with Crippen molar-refractivity contribution in [1.29, 1.82) is 5.26 Å². The van der Waals surface area contributed by atoms with Gasteiger partial charge in [0, 0.05) is 18.7 Å². The van der Waals surface area contributed by atoms with Gasteiger partial charge in [0.25, 0.3) is 5.91 Å². The zero-order valence-electron chi connectivity index (χ0n) is 12.5. The van der Waals surface area contributed by atoms with E-state index in [1.54, 1.807) is 19.1 Å². The van der Waals surface area contributed by atoms with E-state index in [-0.39, 0.29) is 31.3 Å². The first kappa shape index (κ1) is 16.7. The van der Waals surface area contributed by atoms with Gasteiger partial charge in [0.05, 0.1) is 25.5 Å². The van der Waals surface area contributed by atoms with Gasteiger partial charge in [-0.05, 0) is 26.0 Å². The maximum Gasteiger partial charge on any atom is 0.307 e. The van der Waals surface area contributed by atoms with Crippen LogP contribution in [-0.2, 0) is 9.53 Å². The summed E-state index contributed by atoms with van der Waals surface area (Å²) < 4.78 is 4.86. The van der Waals surface area contributed by atoms with Crippen LogP contribution < -0.4 is 0 Å². The van der Waals surface area contributed by atoms with Crippen LogP contribution in [-0.4, -0.2) is 36.5 Å². The molecule has 21 heavy (non-hydrogen) atoms. The number of rotatable bonds is 7. The summed E-state index contributed by atoms with van der Waals surface area (Å²) in [6.07, 6.45) is 0.372. The fraction of sp³-hybridized carbons (Fsp3) is 0.438.